The molecule has 0 bridgehead atoms. The fourth-order valence-corrected chi connectivity index (χ4v) is 4.05. The number of ether oxygens (including phenoxy) is 1. The standard InChI is InChI=1S/C17H17FN2O3S/c1-4-12-15(21)20-14(10-5-7-11(18)8-6-10)13(16(22)23-3)9(2)19-17(20)24-12/h5-8,12,14H,4H2,1-3H3/t12-,14-/m1/s1. The molecule has 24 heavy (non-hydrogen) atoms. The highest BCUT2D eigenvalue weighted by molar-refractivity contribution is 8.15. The normalized spacial score (nSPS) is 23.2. The number of fused-ring (bicyclic) bond motifs is 1. The van der Waals surface area contributed by atoms with Gasteiger partial charge in [-0.25, -0.2) is 14.2 Å². The van der Waals surface area contributed by atoms with Crippen LogP contribution in [-0.4, -0.2) is 34.3 Å². The Morgan fingerprint density at radius 2 is 2.04 bits per heavy atom. The van der Waals surface area contributed by atoms with Gasteiger partial charge >= 0.3 is 5.97 Å². The average Bonchev–Trinajstić information content (AvgIpc) is 2.89. The van der Waals surface area contributed by atoms with Crippen molar-refractivity contribution in [2.24, 2.45) is 4.99 Å². The molecule has 0 saturated carbocycles. The summed E-state index contributed by atoms with van der Waals surface area (Å²) in [5, 5.41) is 0.350. The minimum atomic E-state index is -0.651. The Balaban J connectivity index is 2.15. The number of amides is 1. The van der Waals surface area contributed by atoms with Crippen LogP contribution in [0.5, 0.6) is 0 Å². The van der Waals surface area contributed by atoms with Crippen molar-refractivity contribution in [2.45, 2.75) is 31.6 Å². The zero-order chi connectivity index (χ0) is 17.4. The first-order valence-corrected chi connectivity index (χ1v) is 8.48. The van der Waals surface area contributed by atoms with E-state index in [1.165, 1.54) is 35.9 Å². The number of amidine groups is 1. The second kappa shape index (κ2) is 6.39. The van der Waals surface area contributed by atoms with Crippen molar-refractivity contribution in [2.75, 3.05) is 7.11 Å². The van der Waals surface area contributed by atoms with Crippen LogP contribution < -0.4 is 0 Å². The molecule has 1 saturated heterocycles. The summed E-state index contributed by atoms with van der Waals surface area (Å²) < 4.78 is 18.2. The monoisotopic (exact) mass is 348 g/mol. The lowest BCUT2D eigenvalue weighted by Gasteiger charge is -2.32. The van der Waals surface area contributed by atoms with Crippen molar-refractivity contribution in [3.63, 3.8) is 0 Å². The van der Waals surface area contributed by atoms with Gasteiger partial charge in [0, 0.05) is 0 Å². The summed E-state index contributed by atoms with van der Waals surface area (Å²) in [4.78, 5) is 31.0. The van der Waals surface area contributed by atoms with Crippen molar-refractivity contribution < 1.29 is 18.7 Å². The molecule has 3 rings (SSSR count). The summed E-state index contributed by atoms with van der Waals surface area (Å²) in [7, 11) is 1.29. The van der Waals surface area contributed by atoms with E-state index in [0.717, 1.165) is 0 Å². The van der Waals surface area contributed by atoms with Crippen molar-refractivity contribution in [1.82, 2.24) is 4.90 Å². The molecule has 7 heteroatoms. The predicted octanol–water partition coefficient (Wildman–Crippen LogP) is 3.04. The average molecular weight is 348 g/mol. The van der Waals surface area contributed by atoms with Crippen LogP contribution in [0.3, 0.4) is 0 Å². The Hall–Kier alpha value is -2.15. The highest BCUT2D eigenvalue weighted by atomic mass is 32.2. The van der Waals surface area contributed by atoms with Crippen LogP contribution in [0, 0.1) is 5.82 Å². The van der Waals surface area contributed by atoms with Crippen molar-refractivity contribution in [1.29, 1.82) is 0 Å². The van der Waals surface area contributed by atoms with Gasteiger partial charge in [0.2, 0.25) is 5.91 Å². The smallest absolute Gasteiger partial charge is 0.338 e. The number of thioether (sulfide) groups is 1. The maximum absolute atomic E-state index is 13.3. The molecule has 2 atom stereocenters. The molecule has 2 aliphatic rings. The molecular weight excluding hydrogens is 331 g/mol. The highest BCUT2D eigenvalue weighted by Crippen LogP contribution is 2.43. The van der Waals surface area contributed by atoms with Crippen LogP contribution in [0.25, 0.3) is 0 Å². The van der Waals surface area contributed by atoms with Crippen LogP contribution >= 0.6 is 11.8 Å². The quantitative estimate of drug-likeness (QED) is 0.788. The number of esters is 1. The first-order valence-electron chi connectivity index (χ1n) is 7.60. The van der Waals surface area contributed by atoms with Gasteiger partial charge in [-0.05, 0) is 31.0 Å². The fourth-order valence-electron chi connectivity index (χ4n) is 2.92. The third-order valence-corrected chi connectivity index (χ3v) is 5.43. The Morgan fingerprint density at radius 1 is 1.38 bits per heavy atom. The lowest BCUT2D eigenvalue weighted by molar-refractivity contribution is -0.137. The second-order valence-electron chi connectivity index (χ2n) is 5.56. The number of hydrogen-bond acceptors (Lipinski definition) is 5. The number of halogens is 1. The van der Waals surface area contributed by atoms with Crippen molar-refractivity contribution >= 4 is 28.8 Å². The third-order valence-electron chi connectivity index (χ3n) is 4.11. The molecule has 5 nitrogen and oxygen atoms in total. The number of carbonyl (C=O) groups excluding carboxylic acids is 2. The summed E-state index contributed by atoms with van der Waals surface area (Å²) in [6.45, 7) is 3.65. The van der Waals surface area contributed by atoms with Gasteiger partial charge in [-0.3, -0.25) is 9.69 Å². The molecule has 1 aromatic carbocycles. The van der Waals surface area contributed by atoms with Gasteiger partial charge in [-0.2, -0.15) is 0 Å². The number of allylic oxidation sites excluding steroid dienone is 1. The first kappa shape index (κ1) is 16.7. The summed E-state index contributed by atoms with van der Waals surface area (Å²) in [5.74, 6) is -1.01. The first-order chi connectivity index (χ1) is 11.5. The van der Waals surface area contributed by atoms with E-state index < -0.39 is 12.0 Å². The fraction of sp³-hybridized carbons (Fsp3) is 0.353. The van der Waals surface area contributed by atoms with Crippen LogP contribution in [0.2, 0.25) is 0 Å². The molecule has 2 aliphatic heterocycles. The molecule has 0 N–H and O–H groups in total. The zero-order valence-electron chi connectivity index (χ0n) is 13.6. The van der Waals surface area contributed by atoms with E-state index in [4.69, 9.17) is 4.74 Å². The maximum Gasteiger partial charge on any atom is 0.338 e. The molecule has 0 unspecified atom stereocenters. The number of hydrogen-bond donors (Lipinski definition) is 0. The Kier molecular flexibility index (Phi) is 4.45. The SMILES string of the molecule is CC[C@H]1SC2=NC(C)=C(C(=O)OC)[C@@H](c3ccc(F)cc3)N2C1=O. The van der Waals surface area contributed by atoms with E-state index >= 15 is 0 Å². The molecule has 1 aromatic rings. The Bertz CT molecular complexity index is 758. The number of benzene rings is 1. The van der Waals surface area contributed by atoms with Crippen LogP contribution in [-0.2, 0) is 14.3 Å². The lowest BCUT2D eigenvalue weighted by atomic mass is 9.94. The van der Waals surface area contributed by atoms with Crippen LogP contribution in [0.15, 0.2) is 40.5 Å². The van der Waals surface area contributed by atoms with Gasteiger partial charge in [0.1, 0.15) is 5.82 Å². The van der Waals surface area contributed by atoms with Gasteiger partial charge in [0.05, 0.1) is 29.7 Å². The van der Waals surface area contributed by atoms with E-state index in [2.05, 4.69) is 4.99 Å². The Morgan fingerprint density at radius 3 is 2.62 bits per heavy atom. The molecule has 2 heterocycles. The molecule has 126 valence electrons. The minimum Gasteiger partial charge on any atom is -0.466 e. The van der Waals surface area contributed by atoms with E-state index in [9.17, 15) is 14.0 Å². The molecule has 0 aromatic heterocycles. The number of carbonyl (C=O) groups is 2. The summed E-state index contributed by atoms with van der Waals surface area (Å²) in [5.41, 5.74) is 1.47. The molecular formula is C17H17FN2O3S. The second-order valence-corrected chi connectivity index (χ2v) is 6.73. The number of rotatable bonds is 3. The number of methoxy groups -OCH3 is 1. The van der Waals surface area contributed by atoms with Gasteiger partial charge in [-0.15, -0.1) is 0 Å². The zero-order valence-corrected chi connectivity index (χ0v) is 14.4. The molecule has 0 aliphatic carbocycles. The maximum atomic E-state index is 13.3. The lowest BCUT2D eigenvalue weighted by Crippen LogP contribution is -2.40. The van der Waals surface area contributed by atoms with Gasteiger partial charge in [0.25, 0.3) is 0 Å². The Labute approximate surface area is 143 Å². The van der Waals surface area contributed by atoms with Crippen LogP contribution in [0.4, 0.5) is 4.39 Å². The molecule has 0 spiro atoms. The molecule has 0 radical (unpaired) electrons. The largest absolute Gasteiger partial charge is 0.466 e. The number of aliphatic imine (C=N–C) groups is 1. The van der Waals surface area contributed by atoms with Crippen molar-refractivity contribution in [3.8, 4) is 0 Å². The van der Waals surface area contributed by atoms with Crippen molar-refractivity contribution in [3.05, 3.63) is 46.9 Å². The summed E-state index contributed by atoms with van der Waals surface area (Å²) in [6.07, 6.45) is 0.668. The number of nitrogens with zero attached hydrogens (tertiary/aromatic N) is 2. The van der Waals surface area contributed by atoms with E-state index in [-0.39, 0.29) is 17.0 Å². The summed E-state index contributed by atoms with van der Waals surface area (Å²) >= 11 is 1.40. The predicted molar refractivity (Wildman–Crippen MR) is 89.8 cm³/mol. The van der Waals surface area contributed by atoms with Gasteiger partial charge in [-0.1, -0.05) is 30.8 Å². The summed E-state index contributed by atoms with van der Waals surface area (Å²) in [6, 6.07) is 5.14. The third kappa shape index (κ3) is 2.62. The highest BCUT2D eigenvalue weighted by Gasteiger charge is 2.47. The molecule has 1 amide bonds. The topological polar surface area (TPSA) is 59.0 Å². The minimum absolute atomic E-state index is 0.0931. The molecule has 1 fully saturated rings. The van der Waals surface area contributed by atoms with Gasteiger partial charge < -0.3 is 4.74 Å². The van der Waals surface area contributed by atoms with E-state index in [0.29, 0.717) is 28.4 Å². The van der Waals surface area contributed by atoms with E-state index in [1.807, 2.05) is 6.92 Å². The van der Waals surface area contributed by atoms with E-state index in [1.54, 1.807) is 19.1 Å². The van der Waals surface area contributed by atoms with Gasteiger partial charge in [0.15, 0.2) is 5.17 Å². The van der Waals surface area contributed by atoms with Crippen LogP contribution in [0.1, 0.15) is 31.9 Å².